The molecule has 128 valence electrons. The van der Waals surface area contributed by atoms with Crippen molar-refractivity contribution in [3.8, 4) is 0 Å². The van der Waals surface area contributed by atoms with Crippen LogP contribution in [0.3, 0.4) is 0 Å². The van der Waals surface area contributed by atoms with Crippen molar-refractivity contribution >= 4 is 34.6 Å². The van der Waals surface area contributed by atoms with Crippen LogP contribution in [-0.2, 0) is 21.9 Å². The summed E-state index contributed by atoms with van der Waals surface area (Å²) in [5.41, 5.74) is 1.84. The summed E-state index contributed by atoms with van der Waals surface area (Å²) in [6, 6.07) is 7.38. The molecule has 7 heteroatoms. The maximum absolute atomic E-state index is 12.5. The van der Waals surface area contributed by atoms with Crippen molar-refractivity contribution in [2.45, 2.75) is 37.6 Å². The van der Waals surface area contributed by atoms with Gasteiger partial charge in [-0.1, -0.05) is 12.1 Å². The van der Waals surface area contributed by atoms with Crippen LogP contribution < -0.4 is 10.6 Å². The lowest BCUT2D eigenvalue weighted by atomic mass is 10.1. The minimum Gasteiger partial charge on any atom is -0.354 e. The first-order valence-electron chi connectivity index (χ1n) is 8.19. The summed E-state index contributed by atoms with van der Waals surface area (Å²) in [5.74, 6) is 1.39. The number of nitrogens with one attached hydrogen (secondary N) is 2. The van der Waals surface area contributed by atoms with Crippen LogP contribution >= 0.6 is 11.8 Å². The molecule has 1 aliphatic heterocycles. The van der Waals surface area contributed by atoms with Gasteiger partial charge in [0.15, 0.2) is 0 Å². The predicted octanol–water partition coefficient (Wildman–Crippen LogP) is 1.68. The van der Waals surface area contributed by atoms with E-state index in [1.165, 1.54) is 0 Å². The van der Waals surface area contributed by atoms with Crippen LogP contribution in [0.2, 0.25) is 0 Å². The van der Waals surface area contributed by atoms with Crippen molar-refractivity contribution in [2.24, 2.45) is 0 Å². The SMILES string of the molecule is CSCc1nc2ccccc2n1CC(=O)N[C@H]1CCCCNC1=O. The van der Waals surface area contributed by atoms with E-state index in [1.54, 1.807) is 11.8 Å². The van der Waals surface area contributed by atoms with Crippen LogP contribution in [0.15, 0.2) is 24.3 Å². The molecule has 0 unspecified atom stereocenters. The van der Waals surface area contributed by atoms with E-state index in [4.69, 9.17) is 0 Å². The second-order valence-corrected chi connectivity index (χ2v) is 6.81. The highest BCUT2D eigenvalue weighted by Gasteiger charge is 2.23. The molecule has 1 aromatic heterocycles. The zero-order valence-electron chi connectivity index (χ0n) is 13.7. The molecule has 1 aliphatic rings. The summed E-state index contributed by atoms with van der Waals surface area (Å²) < 4.78 is 1.94. The molecular weight excluding hydrogens is 324 g/mol. The summed E-state index contributed by atoms with van der Waals surface area (Å²) in [7, 11) is 0. The average molecular weight is 346 g/mol. The van der Waals surface area contributed by atoms with Gasteiger partial charge in [0.05, 0.1) is 16.8 Å². The van der Waals surface area contributed by atoms with Gasteiger partial charge in [-0.15, -0.1) is 0 Å². The largest absolute Gasteiger partial charge is 0.354 e. The second kappa shape index (κ2) is 7.70. The Hall–Kier alpha value is -2.02. The van der Waals surface area contributed by atoms with Gasteiger partial charge in [-0.3, -0.25) is 9.59 Å². The summed E-state index contributed by atoms with van der Waals surface area (Å²) in [4.78, 5) is 29.1. The van der Waals surface area contributed by atoms with Crippen LogP contribution in [-0.4, -0.2) is 40.2 Å². The fourth-order valence-corrected chi connectivity index (χ4v) is 3.48. The van der Waals surface area contributed by atoms with E-state index < -0.39 is 6.04 Å². The fourth-order valence-electron chi connectivity index (χ4n) is 3.00. The van der Waals surface area contributed by atoms with Crippen LogP contribution in [0.1, 0.15) is 25.1 Å². The molecule has 0 spiro atoms. The lowest BCUT2D eigenvalue weighted by Crippen LogP contribution is -2.46. The van der Waals surface area contributed by atoms with Gasteiger partial charge >= 0.3 is 0 Å². The maximum atomic E-state index is 12.5. The Labute approximate surface area is 145 Å². The zero-order valence-corrected chi connectivity index (χ0v) is 14.6. The molecule has 0 bridgehead atoms. The Morgan fingerprint density at radius 3 is 3.08 bits per heavy atom. The smallest absolute Gasteiger partial charge is 0.242 e. The molecule has 1 aromatic carbocycles. The summed E-state index contributed by atoms with van der Waals surface area (Å²) >= 11 is 1.67. The van der Waals surface area contributed by atoms with Gasteiger partial charge in [0.2, 0.25) is 11.8 Å². The lowest BCUT2D eigenvalue weighted by molar-refractivity contribution is -0.129. The highest BCUT2D eigenvalue weighted by atomic mass is 32.2. The molecule has 0 saturated carbocycles. The van der Waals surface area contributed by atoms with Crippen LogP contribution in [0, 0.1) is 0 Å². The molecule has 1 saturated heterocycles. The molecule has 24 heavy (non-hydrogen) atoms. The number of hydrogen-bond donors (Lipinski definition) is 2. The van der Waals surface area contributed by atoms with Gasteiger partial charge in [0.25, 0.3) is 0 Å². The Morgan fingerprint density at radius 1 is 1.42 bits per heavy atom. The molecule has 0 aliphatic carbocycles. The highest BCUT2D eigenvalue weighted by Crippen LogP contribution is 2.19. The first-order chi connectivity index (χ1) is 11.7. The third kappa shape index (κ3) is 3.72. The number of aromatic nitrogens is 2. The van der Waals surface area contributed by atoms with Gasteiger partial charge in [-0.25, -0.2) is 4.98 Å². The maximum Gasteiger partial charge on any atom is 0.242 e. The van der Waals surface area contributed by atoms with Gasteiger partial charge in [-0.05, 0) is 37.7 Å². The number of carbonyl (C=O) groups excluding carboxylic acids is 2. The first kappa shape index (κ1) is 16.8. The molecule has 6 nitrogen and oxygen atoms in total. The van der Waals surface area contributed by atoms with Crippen LogP contribution in [0.25, 0.3) is 11.0 Å². The van der Waals surface area contributed by atoms with E-state index in [2.05, 4.69) is 15.6 Å². The van der Waals surface area contributed by atoms with E-state index in [1.807, 2.05) is 35.1 Å². The molecule has 1 fully saturated rings. The standard InChI is InChI=1S/C17H22N4O2S/c1-24-11-15-19-12-6-2-3-8-14(12)21(15)10-16(22)20-13-7-4-5-9-18-17(13)23/h2-3,6,8,13H,4-5,7,9-11H2,1H3,(H,18,23)(H,20,22)/t13-/m0/s1. The molecule has 2 heterocycles. The zero-order chi connectivity index (χ0) is 16.9. The Balaban J connectivity index is 1.77. The quantitative estimate of drug-likeness (QED) is 0.864. The van der Waals surface area contributed by atoms with E-state index in [9.17, 15) is 9.59 Å². The van der Waals surface area contributed by atoms with Crippen LogP contribution in [0.4, 0.5) is 0 Å². The average Bonchev–Trinajstić information content (AvgIpc) is 2.77. The summed E-state index contributed by atoms with van der Waals surface area (Å²) in [5, 5.41) is 5.72. The number of nitrogens with zero attached hydrogens (tertiary/aromatic N) is 2. The minimum atomic E-state index is -0.432. The van der Waals surface area contributed by atoms with Gasteiger partial charge in [0.1, 0.15) is 18.4 Å². The number of para-hydroxylation sites is 2. The van der Waals surface area contributed by atoms with Gasteiger partial charge < -0.3 is 15.2 Å². The number of imidazole rings is 1. The van der Waals surface area contributed by atoms with E-state index in [0.717, 1.165) is 35.5 Å². The number of fused-ring (bicyclic) bond motifs is 1. The van der Waals surface area contributed by atoms with Crippen molar-refractivity contribution in [3.05, 3.63) is 30.1 Å². The molecule has 2 N–H and O–H groups in total. The third-order valence-corrected chi connectivity index (χ3v) is 4.73. The van der Waals surface area contributed by atoms with Crippen LogP contribution in [0.5, 0.6) is 0 Å². The monoisotopic (exact) mass is 346 g/mol. The lowest BCUT2D eigenvalue weighted by Gasteiger charge is -2.16. The van der Waals surface area contributed by atoms with E-state index in [-0.39, 0.29) is 18.4 Å². The molecular formula is C17H22N4O2S. The number of hydrogen-bond acceptors (Lipinski definition) is 4. The fraction of sp³-hybridized carbons (Fsp3) is 0.471. The minimum absolute atomic E-state index is 0.0827. The van der Waals surface area contributed by atoms with Crippen molar-refractivity contribution in [2.75, 3.05) is 12.8 Å². The van der Waals surface area contributed by atoms with Gasteiger partial charge in [-0.2, -0.15) is 11.8 Å². The highest BCUT2D eigenvalue weighted by molar-refractivity contribution is 7.97. The van der Waals surface area contributed by atoms with Gasteiger partial charge in [0, 0.05) is 6.54 Å². The normalized spacial score (nSPS) is 18.2. The van der Waals surface area contributed by atoms with Crippen molar-refractivity contribution < 1.29 is 9.59 Å². The number of benzene rings is 1. The van der Waals surface area contributed by atoms with E-state index in [0.29, 0.717) is 13.0 Å². The molecule has 0 radical (unpaired) electrons. The predicted molar refractivity (Wildman–Crippen MR) is 95.7 cm³/mol. The first-order valence-corrected chi connectivity index (χ1v) is 9.58. The molecule has 2 aromatic rings. The summed E-state index contributed by atoms with van der Waals surface area (Å²) in [6.45, 7) is 0.870. The van der Waals surface area contributed by atoms with Crippen molar-refractivity contribution in [1.29, 1.82) is 0 Å². The Kier molecular flexibility index (Phi) is 5.40. The van der Waals surface area contributed by atoms with Crippen molar-refractivity contribution in [1.82, 2.24) is 20.2 Å². The Bertz CT molecular complexity index is 743. The third-order valence-electron chi connectivity index (χ3n) is 4.18. The number of amides is 2. The summed E-state index contributed by atoms with van der Waals surface area (Å²) in [6.07, 6.45) is 4.61. The second-order valence-electron chi connectivity index (χ2n) is 5.94. The molecule has 2 amide bonds. The Morgan fingerprint density at radius 2 is 2.25 bits per heavy atom. The topological polar surface area (TPSA) is 76.0 Å². The molecule has 1 atom stereocenters. The van der Waals surface area contributed by atoms with E-state index >= 15 is 0 Å². The molecule has 3 rings (SSSR count). The number of carbonyl (C=O) groups is 2. The number of thioether (sulfide) groups is 1. The number of rotatable bonds is 5. The van der Waals surface area contributed by atoms with Crippen molar-refractivity contribution in [3.63, 3.8) is 0 Å².